The highest BCUT2D eigenvalue weighted by Gasteiger charge is 2.26. The number of aromatic nitrogens is 2. The molecule has 0 saturated carbocycles. The Morgan fingerprint density at radius 1 is 1.06 bits per heavy atom. The van der Waals surface area contributed by atoms with E-state index in [0.29, 0.717) is 24.9 Å². The highest BCUT2D eigenvalue weighted by molar-refractivity contribution is 5.74. The molecule has 0 spiro atoms. The van der Waals surface area contributed by atoms with Crippen LogP contribution in [0.25, 0.3) is 0 Å². The van der Waals surface area contributed by atoms with Crippen LogP contribution in [0.5, 0.6) is 0 Å². The minimum absolute atomic E-state index is 0.0551. The van der Waals surface area contributed by atoms with E-state index in [1.165, 1.54) is 5.69 Å². The molecule has 7 nitrogen and oxygen atoms in total. The first-order chi connectivity index (χ1) is 15.0. The van der Waals surface area contributed by atoms with E-state index in [-0.39, 0.29) is 6.03 Å². The smallest absolute Gasteiger partial charge is 0.317 e. The largest absolute Gasteiger partial charge is 0.371 e. The fraction of sp³-hybridized carbons (Fsp3) is 0.542. The summed E-state index contributed by atoms with van der Waals surface area (Å²) in [6.45, 7) is 12.1. The van der Waals surface area contributed by atoms with Crippen LogP contribution < -0.4 is 15.1 Å². The van der Waals surface area contributed by atoms with Crippen molar-refractivity contribution in [3.8, 4) is 0 Å². The molecule has 2 aliphatic heterocycles. The van der Waals surface area contributed by atoms with Crippen molar-refractivity contribution < 1.29 is 4.79 Å². The molecule has 1 aromatic heterocycles. The van der Waals surface area contributed by atoms with Crippen LogP contribution >= 0.6 is 0 Å². The highest BCUT2D eigenvalue weighted by Crippen LogP contribution is 2.23. The molecule has 1 atom stereocenters. The number of hydrogen-bond donors (Lipinski definition) is 1. The first-order valence-electron chi connectivity index (χ1n) is 11.4. The molecule has 4 rings (SSSR count). The maximum absolute atomic E-state index is 12.7. The molecule has 2 aliphatic rings. The molecular weight excluding hydrogens is 388 g/mol. The summed E-state index contributed by atoms with van der Waals surface area (Å²) in [7, 11) is 0. The van der Waals surface area contributed by atoms with Crippen LogP contribution in [0.4, 0.5) is 16.3 Å². The Hall–Kier alpha value is -2.83. The average Bonchev–Trinajstić information content (AvgIpc) is 3.27. The number of urea groups is 1. The van der Waals surface area contributed by atoms with Crippen molar-refractivity contribution in [1.82, 2.24) is 20.2 Å². The van der Waals surface area contributed by atoms with Gasteiger partial charge in [-0.15, -0.1) is 0 Å². The monoisotopic (exact) mass is 422 g/mol. The maximum atomic E-state index is 12.7. The van der Waals surface area contributed by atoms with Gasteiger partial charge in [-0.25, -0.2) is 14.8 Å². The van der Waals surface area contributed by atoms with Crippen molar-refractivity contribution in [3.63, 3.8) is 0 Å². The van der Waals surface area contributed by atoms with Crippen molar-refractivity contribution in [3.05, 3.63) is 47.9 Å². The highest BCUT2D eigenvalue weighted by atomic mass is 16.2. The second-order valence-electron chi connectivity index (χ2n) is 8.98. The van der Waals surface area contributed by atoms with E-state index in [4.69, 9.17) is 4.98 Å². The van der Waals surface area contributed by atoms with Crippen LogP contribution in [0.2, 0.25) is 0 Å². The topological polar surface area (TPSA) is 64.6 Å². The predicted octanol–water partition coefficient (Wildman–Crippen LogP) is 3.27. The summed E-state index contributed by atoms with van der Waals surface area (Å²) >= 11 is 0. The van der Waals surface area contributed by atoms with E-state index < -0.39 is 0 Å². The fourth-order valence-corrected chi connectivity index (χ4v) is 4.35. The van der Waals surface area contributed by atoms with Gasteiger partial charge in [-0.2, -0.15) is 0 Å². The van der Waals surface area contributed by atoms with E-state index >= 15 is 0 Å². The molecule has 31 heavy (non-hydrogen) atoms. The molecule has 2 fully saturated rings. The molecule has 0 aliphatic carbocycles. The number of aryl methyl sites for hydroxylation is 1. The number of carbonyl (C=O) groups excluding carboxylic acids is 1. The number of piperazine rings is 1. The predicted molar refractivity (Wildman–Crippen MR) is 125 cm³/mol. The van der Waals surface area contributed by atoms with Gasteiger partial charge in [-0.3, -0.25) is 0 Å². The van der Waals surface area contributed by atoms with Crippen LogP contribution in [-0.2, 0) is 0 Å². The van der Waals surface area contributed by atoms with Gasteiger partial charge in [-0.1, -0.05) is 32.0 Å². The molecule has 2 saturated heterocycles. The lowest BCUT2D eigenvalue weighted by molar-refractivity contribution is 0.192. The minimum Gasteiger partial charge on any atom is -0.371 e. The summed E-state index contributed by atoms with van der Waals surface area (Å²) in [6, 6.07) is 12.6. The summed E-state index contributed by atoms with van der Waals surface area (Å²) in [5.41, 5.74) is 2.27. The number of nitrogens with zero attached hydrogens (tertiary/aromatic N) is 5. The molecular formula is C24H34N6O. The number of amides is 2. The summed E-state index contributed by atoms with van der Waals surface area (Å²) in [5.74, 6) is 2.67. The van der Waals surface area contributed by atoms with Crippen molar-refractivity contribution in [2.75, 3.05) is 55.6 Å². The molecule has 2 aromatic rings. The second-order valence-corrected chi connectivity index (χ2v) is 8.98. The van der Waals surface area contributed by atoms with Crippen LogP contribution in [0.15, 0.2) is 36.4 Å². The quantitative estimate of drug-likeness (QED) is 0.801. The van der Waals surface area contributed by atoms with E-state index in [0.717, 1.165) is 56.5 Å². The molecule has 0 bridgehead atoms. The Morgan fingerprint density at radius 3 is 2.52 bits per heavy atom. The normalized spacial score (nSPS) is 19.2. The maximum Gasteiger partial charge on any atom is 0.317 e. The number of benzene rings is 1. The molecule has 3 heterocycles. The van der Waals surface area contributed by atoms with Gasteiger partial charge in [0.15, 0.2) is 0 Å². The molecule has 1 N–H and O–H groups in total. The zero-order valence-electron chi connectivity index (χ0n) is 18.9. The van der Waals surface area contributed by atoms with Gasteiger partial charge in [0.1, 0.15) is 11.6 Å². The molecule has 0 radical (unpaired) electrons. The first-order valence-corrected chi connectivity index (χ1v) is 11.4. The Balaban J connectivity index is 1.24. The number of anilines is 2. The lowest BCUT2D eigenvalue weighted by Gasteiger charge is -2.35. The summed E-state index contributed by atoms with van der Waals surface area (Å²) in [4.78, 5) is 28.6. The van der Waals surface area contributed by atoms with Gasteiger partial charge in [0, 0.05) is 69.2 Å². The zero-order valence-corrected chi connectivity index (χ0v) is 18.9. The Bertz CT molecular complexity index is 879. The van der Waals surface area contributed by atoms with Crippen LogP contribution in [-0.4, -0.2) is 66.7 Å². The number of rotatable bonds is 5. The number of hydrogen-bond acceptors (Lipinski definition) is 5. The average molecular weight is 423 g/mol. The van der Waals surface area contributed by atoms with Gasteiger partial charge < -0.3 is 20.0 Å². The fourth-order valence-electron chi connectivity index (χ4n) is 4.35. The second kappa shape index (κ2) is 9.54. The Labute approximate surface area is 185 Å². The van der Waals surface area contributed by atoms with Crippen LogP contribution in [0, 0.1) is 12.8 Å². The Kier molecular flexibility index (Phi) is 6.59. The molecule has 2 amide bonds. The van der Waals surface area contributed by atoms with Crippen LogP contribution in [0.1, 0.15) is 37.7 Å². The SMILES string of the molecule is Cc1cc(N2CCN(C(=O)NCC3CCN(c4ccccc4)C3)CC2)nc(C(C)C)n1. The molecule has 166 valence electrons. The minimum atomic E-state index is 0.0551. The van der Waals surface area contributed by atoms with Crippen molar-refractivity contribution in [1.29, 1.82) is 0 Å². The molecule has 1 unspecified atom stereocenters. The molecule has 1 aromatic carbocycles. The van der Waals surface area contributed by atoms with Crippen molar-refractivity contribution >= 4 is 17.5 Å². The van der Waals surface area contributed by atoms with Crippen molar-refractivity contribution in [2.45, 2.75) is 33.1 Å². The van der Waals surface area contributed by atoms with E-state index in [2.05, 4.69) is 58.2 Å². The van der Waals surface area contributed by atoms with E-state index in [1.54, 1.807) is 0 Å². The third kappa shape index (κ3) is 5.27. The summed E-state index contributed by atoms with van der Waals surface area (Å²) in [6.07, 6.45) is 1.12. The van der Waals surface area contributed by atoms with Gasteiger partial charge >= 0.3 is 6.03 Å². The van der Waals surface area contributed by atoms with Gasteiger partial charge in [0.05, 0.1) is 0 Å². The number of carbonyl (C=O) groups is 1. The van der Waals surface area contributed by atoms with Gasteiger partial charge in [-0.05, 0) is 31.4 Å². The summed E-state index contributed by atoms with van der Waals surface area (Å²) in [5, 5.41) is 3.17. The van der Waals surface area contributed by atoms with Crippen molar-refractivity contribution in [2.24, 2.45) is 5.92 Å². The number of para-hydroxylation sites is 1. The first kappa shape index (κ1) is 21.4. The third-order valence-corrected chi connectivity index (χ3v) is 6.21. The third-order valence-electron chi connectivity index (χ3n) is 6.21. The lowest BCUT2D eigenvalue weighted by Crippen LogP contribution is -2.52. The van der Waals surface area contributed by atoms with E-state index in [9.17, 15) is 4.79 Å². The standard InChI is InChI=1S/C24H34N6O/c1-18(2)23-26-19(3)15-22(27-23)28-11-13-29(14-12-28)24(31)25-16-20-9-10-30(17-20)21-7-5-4-6-8-21/h4-8,15,18,20H,9-14,16-17H2,1-3H3,(H,25,31). The van der Waals surface area contributed by atoms with E-state index in [1.807, 2.05) is 24.0 Å². The number of nitrogens with one attached hydrogen (secondary N) is 1. The lowest BCUT2D eigenvalue weighted by atomic mass is 10.1. The van der Waals surface area contributed by atoms with Gasteiger partial charge in [0.25, 0.3) is 0 Å². The summed E-state index contributed by atoms with van der Waals surface area (Å²) < 4.78 is 0. The Morgan fingerprint density at radius 2 is 1.81 bits per heavy atom. The zero-order chi connectivity index (χ0) is 21.8. The van der Waals surface area contributed by atoms with Crippen LogP contribution in [0.3, 0.4) is 0 Å². The van der Waals surface area contributed by atoms with Gasteiger partial charge in [0.2, 0.25) is 0 Å². The molecule has 7 heteroatoms.